The number of carbonyl (C=O) groups is 4. The summed E-state index contributed by atoms with van der Waals surface area (Å²) in [5.41, 5.74) is 9.28. The second kappa shape index (κ2) is 15.1. The minimum absolute atomic E-state index is 0.114. The first kappa shape index (κ1) is 34.4. The molecule has 0 aromatic heterocycles. The van der Waals surface area contributed by atoms with Crippen molar-refractivity contribution in [1.29, 1.82) is 0 Å². The van der Waals surface area contributed by atoms with Crippen LogP contribution in [0, 0.1) is 13.8 Å². The Kier molecular flexibility index (Phi) is 11.8. The van der Waals surface area contributed by atoms with Crippen LogP contribution in [-0.2, 0) is 43.2 Å². The molecule has 1 heterocycles. The number of esters is 1. The van der Waals surface area contributed by atoms with E-state index in [-0.39, 0.29) is 24.6 Å². The first-order chi connectivity index (χ1) is 20.7. The lowest BCUT2D eigenvalue weighted by Crippen LogP contribution is -2.58. The number of unbranched alkanes of at least 4 members (excludes halogenated alkanes) is 1. The van der Waals surface area contributed by atoms with Crippen molar-refractivity contribution in [3.8, 4) is 5.75 Å². The van der Waals surface area contributed by atoms with Crippen molar-refractivity contribution >= 4 is 23.9 Å². The Labute approximate surface area is 259 Å². The van der Waals surface area contributed by atoms with Crippen LogP contribution >= 0.6 is 0 Å². The fourth-order valence-corrected chi connectivity index (χ4v) is 5.42. The number of aromatic hydroxyl groups is 1. The third kappa shape index (κ3) is 9.44. The molecule has 0 radical (unpaired) electrons. The smallest absolute Gasteiger partial charge is 0.408 e. The SMILES string of the molecule is COC(=O)[C@@H](N)CCCCNC(=O)[C@@H]1Cc2ccccc2CN1C(=O)[C@H](Cc1c(C)cc(O)cc1C)NC(=O)OC(C)(C)C. The molecule has 1 aliphatic heterocycles. The van der Waals surface area contributed by atoms with Gasteiger partial charge in [-0.05, 0) is 93.8 Å². The number of fused-ring (bicyclic) bond motifs is 1. The number of nitrogens with two attached hydrogens (primary N) is 1. The van der Waals surface area contributed by atoms with Crippen molar-refractivity contribution in [3.63, 3.8) is 0 Å². The van der Waals surface area contributed by atoms with Crippen LogP contribution in [0.5, 0.6) is 5.75 Å². The summed E-state index contributed by atoms with van der Waals surface area (Å²) in [5.74, 6) is -1.08. The molecule has 11 nitrogen and oxygen atoms in total. The number of aryl methyl sites for hydroxylation is 2. The molecule has 0 saturated heterocycles. The van der Waals surface area contributed by atoms with E-state index < -0.39 is 41.7 Å². The quantitative estimate of drug-likeness (QED) is 0.223. The molecule has 1 aliphatic rings. The van der Waals surface area contributed by atoms with Crippen LogP contribution in [0.2, 0.25) is 0 Å². The van der Waals surface area contributed by atoms with Gasteiger partial charge in [0.25, 0.3) is 0 Å². The molecule has 0 spiro atoms. The number of benzene rings is 2. The molecule has 0 bridgehead atoms. The Morgan fingerprint density at radius 1 is 1.07 bits per heavy atom. The van der Waals surface area contributed by atoms with Crippen LogP contribution in [0.4, 0.5) is 4.79 Å². The zero-order chi connectivity index (χ0) is 32.6. The van der Waals surface area contributed by atoms with Gasteiger partial charge in [-0.2, -0.15) is 0 Å². The summed E-state index contributed by atoms with van der Waals surface area (Å²) in [6.45, 7) is 9.43. The van der Waals surface area contributed by atoms with Gasteiger partial charge >= 0.3 is 12.1 Å². The number of amides is 3. The molecule has 0 fully saturated rings. The van der Waals surface area contributed by atoms with Crippen molar-refractivity contribution in [1.82, 2.24) is 15.5 Å². The Morgan fingerprint density at radius 3 is 2.32 bits per heavy atom. The number of phenolic OH excluding ortho intramolecular Hbond substituents is 1. The minimum Gasteiger partial charge on any atom is -0.508 e. The van der Waals surface area contributed by atoms with Crippen LogP contribution in [0.15, 0.2) is 36.4 Å². The van der Waals surface area contributed by atoms with Crippen molar-refractivity contribution in [2.75, 3.05) is 13.7 Å². The zero-order valence-electron chi connectivity index (χ0n) is 26.6. The molecule has 5 N–H and O–H groups in total. The van der Waals surface area contributed by atoms with Gasteiger partial charge in [-0.15, -0.1) is 0 Å². The monoisotopic (exact) mass is 610 g/mol. The topological polar surface area (TPSA) is 160 Å². The van der Waals surface area contributed by atoms with E-state index in [0.717, 1.165) is 27.8 Å². The molecule has 0 aliphatic carbocycles. The van der Waals surface area contributed by atoms with Gasteiger partial charge in [0.1, 0.15) is 29.5 Å². The molecular weight excluding hydrogens is 564 g/mol. The Bertz CT molecular complexity index is 1330. The van der Waals surface area contributed by atoms with Crippen LogP contribution in [0.3, 0.4) is 0 Å². The molecule has 3 amide bonds. The zero-order valence-corrected chi connectivity index (χ0v) is 26.6. The first-order valence-electron chi connectivity index (χ1n) is 15.0. The fourth-order valence-electron chi connectivity index (χ4n) is 5.42. The number of rotatable bonds is 11. The summed E-state index contributed by atoms with van der Waals surface area (Å²) in [6.07, 6.45) is 1.35. The molecule has 2 aromatic rings. The van der Waals surface area contributed by atoms with E-state index in [0.29, 0.717) is 32.2 Å². The highest BCUT2D eigenvalue weighted by Gasteiger charge is 2.38. The van der Waals surface area contributed by atoms with Gasteiger partial charge in [0, 0.05) is 25.9 Å². The highest BCUT2D eigenvalue weighted by atomic mass is 16.6. The third-order valence-corrected chi connectivity index (χ3v) is 7.66. The van der Waals surface area contributed by atoms with Crippen LogP contribution < -0.4 is 16.4 Å². The molecule has 3 rings (SSSR count). The molecule has 3 atom stereocenters. The minimum atomic E-state index is -1.04. The van der Waals surface area contributed by atoms with Gasteiger partial charge in [-0.1, -0.05) is 24.3 Å². The summed E-state index contributed by atoms with van der Waals surface area (Å²) in [6, 6.07) is 8.34. The van der Waals surface area contributed by atoms with Gasteiger partial charge in [0.15, 0.2) is 0 Å². The maximum absolute atomic E-state index is 14.3. The molecule has 44 heavy (non-hydrogen) atoms. The lowest BCUT2D eigenvalue weighted by molar-refractivity contribution is -0.143. The van der Waals surface area contributed by atoms with E-state index in [2.05, 4.69) is 15.4 Å². The van der Waals surface area contributed by atoms with Gasteiger partial charge in [0.05, 0.1) is 7.11 Å². The average Bonchev–Trinajstić information content (AvgIpc) is 2.95. The second-order valence-electron chi connectivity index (χ2n) is 12.3. The Balaban J connectivity index is 1.85. The van der Waals surface area contributed by atoms with Crippen LogP contribution in [0.25, 0.3) is 0 Å². The predicted octanol–water partition coefficient (Wildman–Crippen LogP) is 3.19. The number of nitrogens with zero attached hydrogens (tertiary/aromatic N) is 1. The van der Waals surface area contributed by atoms with E-state index in [4.69, 9.17) is 10.5 Å². The predicted molar refractivity (Wildman–Crippen MR) is 166 cm³/mol. The number of ether oxygens (including phenoxy) is 2. The highest BCUT2D eigenvalue weighted by molar-refractivity contribution is 5.92. The van der Waals surface area contributed by atoms with E-state index in [9.17, 15) is 24.3 Å². The van der Waals surface area contributed by atoms with E-state index in [1.54, 1.807) is 32.9 Å². The third-order valence-electron chi connectivity index (χ3n) is 7.66. The average molecular weight is 611 g/mol. The summed E-state index contributed by atoms with van der Waals surface area (Å²) in [5, 5.41) is 15.8. The Hall–Kier alpha value is -4.12. The number of methoxy groups -OCH3 is 1. The van der Waals surface area contributed by atoms with Crippen molar-refractivity contribution in [3.05, 3.63) is 64.2 Å². The van der Waals surface area contributed by atoms with Crippen LogP contribution in [0.1, 0.15) is 67.9 Å². The standard InChI is InChI=1S/C33H46N4O7/c1-20-15-24(38)16-21(2)25(20)18-27(36-32(42)44-33(3,4)5)30(40)37-19-23-12-8-7-11-22(23)17-28(37)29(39)35-14-10-9-13-26(34)31(41)43-6/h7-8,11-12,15-16,26-28,38H,9-10,13-14,17-19,34H2,1-6H3,(H,35,39)(H,36,42)/t26-,27-,28-/m0/s1. The molecular formula is C33H46N4O7. The lowest BCUT2D eigenvalue weighted by atomic mass is 9.91. The summed E-state index contributed by atoms with van der Waals surface area (Å²) < 4.78 is 10.1. The van der Waals surface area contributed by atoms with Crippen LogP contribution in [-0.4, -0.2) is 71.3 Å². The molecule has 0 saturated carbocycles. The van der Waals surface area contributed by atoms with Gasteiger partial charge in [-0.3, -0.25) is 14.4 Å². The number of hydrogen-bond acceptors (Lipinski definition) is 8. The van der Waals surface area contributed by atoms with Gasteiger partial charge in [-0.25, -0.2) is 4.79 Å². The fraction of sp³-hybridized carbons (Fsp3) is 0.515. The number of alkyl carbamates (subject to hydrolysis) is 1. The number of carbonyl (C=O) groups excluding carboxylic acids is 4. The molecule has 0 unspecified atom stereocenters. The summed E-state index contributed by atoms with van der Waals surface area (Å²) in [7, 11) is 1.29. The first-order valence-corrected chi connectivity index (χ1v) is 15.0. The van der Waals surface area contributed by atoms with Crippen molar-refractivity contribution < 1.29 is 33.8 Å². The number of phenols is 1. The largest absolute Gasteiger partial charge is 0.508 e. The van der Waals surface area contributed by atoms with E-state index in [1.165, 1.54) is 12.0 Å². The van der Waals surface area contributed by atoms with Crippen molar-refractivity contribution in [2.24, 2.45) is 5.73 Å². The van der Waals surface area contributed by atoms with Gasteiger partial charge in [0.2, 0.25) is 11.8 Å². The van der Waals surface area contributed by atoms with E-state index in [1.807, 2.05) is 38.1 Å². The lowest BCUT2D eigenvalue weighted by Gasteiger charge is -2.38. The maximum Gasteiger partial charge on any atom is 0.408 e. The second-order valence-corrected chi connectivity index (χ2v) is 12.3. The maximum atomic E-state index is 14.3. The normalized spacial score (nSPS) is 15.9. The number of hydrogen-bond donors (Lipinski definition) is 4. The molecule has 2 aromatic carbocycles. The molecule has 240 valence electrons. The molecule has 11 heteroatoms. The summed E-state index contributed by atoms with van der Waals surface area (Å²) in [4.78, 5) is 53.9. The number of nitrogens with one attached hydrogen (secondary N) is 2. The summed E-state index contributed by atoms with van der Waals surface area (Å²) >= 11 is 0. The van der Waals surface area contributed by atoms with E-state index >= 15 is 0 Å². The highest BCUT2D eigenvalue weighted by Crippen LogP contribution is 2.27. The van der Waals surface area contributed by atoms with Crippen molar-refractivity contribution in [2.45, 2.75) is 97.0 Å². The van der Waals surface area contributed by atoms with Gasteiger partial charge < -0.3 is 35.8 Å². The Morgan fingerprint density at radius 2 is 1.70 bits per heavy atom.